The van der Waals surface area contributed by atoms with Crippen molar-refractivity contribution in [3.63, 3.8) is 0 Å². The summed E-state index contributed by atoms with van der Waals surface area (Å²) in [6.45, 7) is 4.55. The number of amides is 3. The van der Waals surface area contributed by atoms with Crippen LogP contribution in [0.25, 0.3) is 5.57 Å². The van der Waals surface area contributed by atoms with Crippen molar-refractivity contribution in [2.24, 2.45) is 34.6 Å². The molecule has 9 unspecified atom stereocenters. The number of alkyl carbamates (subject to hydrolysis) is 1. The molecule has 73 heavy (non-hydrogen) atoms. The number of ether oxygens (including phenoxy) is 5. The zero-order chi connectivity index (χ0) is 50.2. The Morgan fingerprint density at radius 1 is 1.07 bits per heavy atom. The molecule has 7 aliphatic heterocycles. The number of amidine groups is 1. The van der Waals surface area contributed by atoms with Crippen molar-refractivity contribution in [3.8, 4) is 0 Å². The summed E-state index contributed by atoms with van der Waals surface area (Å²) in [7, 11) is 2.69. The Morgan fingerprint density at radius 2 is 1.93 bits per heavy atom. The van der Waals surface area contributed by atoms with E-state index in [0.29, 0.717) is 73.6 Å². The van der Waals surface area contributed by atoms with Crippen LogP contribution < -0.4 is 16.0 Å². The van der Waals surface area contributed by atoms with E-state index in [-0.39, 0.29) is 76.9 Å². The highest BCUT2D eigenvalue weighted by molar-refractivity contribution is 14.1. The van der Waals surface area contributed by atoms with Gasteiger partial charge in [0.05, 0.1) is 67.6 Å². The van der Waals surface area contributed by atoms with Crippen LogP contribution in [-0.2, 0) is 33.3 Å². The van der Waals surface area contributed by atoms with E-state index in [0.717, 1.165) is 79.9 Å². The molecule has 18 nitrogen and oxygen atoms in total. The van der Waals surface area contributed by atoms with Gasteiger partial charge in [-0.25, -0.2) is 14.2 Å². The predicted molar refractivity (Wildman–Crippen MR) is 273 cm³/mol. The van der Waals surface area contributed by atoms with Crippen molar-refractivity contribution in [2.45, 2.75) is 137 Å². The van der Waals surface area contributed by atoms with Crippen LogP contribution in [0.2, 0.25) is 0 Å². The van der Waals surface area contributed by atoms with Gasteiger partial charge in [0.2, 0.25) is 18.2 Å². The molecule has 5 fully saturated rings. The van der Waals surface area contributed by atoms with Gasteiger partial charge >= 0.3 is 6.09 Å². The second-order valence-corrected chi connectivity index (χ2v) is 23.1. The van der Waals surface area contributed by atoms with Crippen LogP contribution in [-0.4, -0.2) is 154 Å². The highest BCUT2D eigenvalue weighted by Crippen LogP contribution is 2.55. The smallest absolute Gasteiger partial charge is 0.407 e. The van der Waals surface area contributed by atoms with Crippen LogP contribution in [0.3, 0.4) is 0 Å². The Kier molecular flexibility index (Phi) is 13.6. The molecule has 1 saturated carbocycles. The number of carbonyl (C=O) groups is 3. The van der Waals surface area contributed by atoms with Gasteiger partial charge in [-0.3, -0.25) is 19.9 Å². The van der Waals surface area contributed by atoms with Crippen LogP contribution >= 0.6 is 22.6 Å². The van der Waals surface area contributed by atoms with Gasteiger partial charge in [-0.15, -0.1) is 0 Å². The van der Waals surface area contributed by atoms with Gasteiger partial charge in [0.25, 0.3) is 0 Å². The van der Waals surface area contributed by atoms with Gasteiger partial charge in [0.1, 0.15) is 33.7 Å². The number of aromatic nitrogens is 2. The van der Waals surface area contributed by atoms with Gasteiger partial charge in [0.15, 0.2) is 6.23 Å². The number of nitrogens with one attached hydrogen (secondary N) is 4. The molecule has 0 radical (unpaired) electrons. The number of aromatic amines is 1. The largest absolute Gasteiger partial charge is 0.466 e. The fourth-order valence-corrected chi connectivity index (χ4v) is 14.7. The zero-order valence-corrected chi connectivity index (χ0v) is 43.8. The van der Waals surface area contributed by atoms with E-state index in [1.54, 1.807) is 11.1 Å². The van der Waals surface area contributed by atoms with E-state index in [9.17, 15) is 19.5 Å². The van der Waals surface area contributed by atoms with Crippen molar-refractivity contribution in [1.29, 1.82) is 0 Å². The van der Waals surface area contributed by atoms with Gasteiger partial charge in [-0.1, -0.05) is 53.8 Å². The minimum absolute atomic E-state index is 0.0102. The minimum atomic E-state index is -1.35. The highest BCUT2D eigenvalue weighted by Gasteiger charge is 2.62. The lowest BCUT2D eigenvalue weighted by atomic mass is 9.80. The van der Waals surface area contributed by atoms with Crippen LogP contribution in [0, 0.1) is 29.6 Å². The average Bonchev–Trinajstić information content (AvgIpc) is 4.17. The zero-order valence-electron chi connectivity index (χ0n) is 41.6. The molecule has 1 aromatic heterocycles. The lowest BCUT2D eigenvalue weighted by molar-refractivity contribution is -0.137. The van der Waals surface area contributed by atoms with Gasteiger partial charge < -0.3 is 59.1 Å². The molecular formula is C53H67FIN9O9. The summed E-state index contributed by atoms with van der Waals surface area (Å²) in [6.07, 6.45) is 17.2. The van der Waals surface area contributed by atoms with Crippen molar-refractivity contribution >= 4 is 51.9 Å². The lowest BCUT2D eigenvalue weighted by Crippen LogP contribution is -2.58. The standard InChI is InChI=1S/C53H67FIN9O9/c1-26-33-22-40(64(47(26)33)50(66)46(61-53(68)70-3)29-12-15-72-43(55)21-29)49-57-23-35(59-49)28-10-11-37-32(16-28)18-39-45-34(54)17-31(20-42(45)73-51(63(37)39)30-9-8-27-6-5-14-71-41(27)19-30)36-24-56-48(60-36)38-7-4-13-62(38)44(65)25-58-52(67)69-2/h8-9,11,18,20,24,26,28-29,32-35,38,40-41,43,46-47,51-52,58,67H,4-7,10,12-17,19,21-23,25H2,1-3H3,(H,56,60)(H,57,59)(H,61,68)/t26-,28?,29?,32?,33+,34?,35?,38+,40+,41?,43+,46?,47-,51?,52?/m1/s1. The Hall–Kier alpha value is -4.61. The number of piperidine rings is 1. The number of aliphatic hydroxyl groups is 1. The van der Waals surface area contributed by atoms with Crippen molar-refractivity contribution in [1.82, 2.24) is 40.6 Å². The Balaban J connectivity index is 0.790. The lowest BCUT2D eigenvalue weighted by Gasteiger charge is -2.44. The van der Waals surface area contributed by atoms with E-state index < -0.39 is 30.9 Å². The summed E-state index contributed by atoms with van der Waals surface area (Å²) < 4.78 is 46.2. The number of H-pyrrole nitrogens is 1. The minimum Gasteiger partial charge on any atom is -0.466 e. The first kappa shape index (κ1) is 49.3. The first-order chi connectivity index (χ1) is 35.5. The number of rotatable bonds is 12. The Labute approximate surface area is 438 Å². The number of hydrogen-bond acceptors (Lipinski definition) is 14. The second kappa shape index (κ2) is 20.2. The highest BCUT2D eigenvalue weighted by atomic mass is 127. The maximum atomic E-state index is 17.2. The second-order valence-electron chi connectivity index (χ2n) is 21.7. The SMILES string of the molecule is COC(=O)NC(C(=O)N1[C@@H]2[C@H](C)[C@@H]2C[C@H]1C1=NCC(C2CC=C3C(C=C4C5=C(C=C(c6cnc([C@@H]7CCCN7C(=O)CNC(O)OC)[nH]6)CC5F)OC(C5=CC=C6CCCOC6C5)N43)C2)N1)C1CCO[C@H](I)C1. The van der Waals surface area contributed by atoms with E-state index in [1.807, 2.05) is 11.0 Å². The number of likely N-dealkylation sites (tertiary alicyclic amines) is 2. The number of imidazole rings is 1. The number of hydrogen-bond donors (Lipinski definition) is 5. The molecular weight excluding hydrogens is 1050 g/mol. The van der Waals surface area contributed by atoms with E-state index >= 15 is 4.39 Å². The maximum absolute atomic E-state index is 17.2. The summed E-state index contributed by atoms with van der Waals surface area (Å²) in [5.41, 5.74) is 6.38. The van der Waals surface area contributed by atoms with Crippen molar-refractivity contribution in [2.75, 3.05) is 47.1 Å². The van der Waals surface area contributed by atoms with Crippen LogP contribution in [0.15, 0.2) is 75.4 Å². The number of methoxy groups -OCH3 is 2. The van der Waals surface area contributed by atoms with Crippen LogP contribution in [0.1, 0.15) is 95.1 Å². The van der Waals surface area contributed by atoms with Crippen molar-refractivity contribution < 1.29 is 47.6 Å². The van der Waals surface area contributed by atoms with Crippen molar-refractivity contribution in [3.05, 3.63) is 82.0 Å². The Morgan fingerprint density at radius 3 is 2.77 bits per heavy atom. The van der Waals surface area contributed by atoms with E-state index in [2.05, 4.69) is 79.7 Å². The molecule has 392 valence electrons. The molecule has 8 heterocycles. The summed E-state index contributed by atoms with van der Waals surface area (Å²) in [6, 6.07) is -1.02. The fraction of sp³-hybridized carbons (Fsp3) is 0.642. The molecule has 1 aromatic rings. The third-order valence-electron chi connectivity index (χ3n) is 17.6. The molecule has 0 aromatic carbocycles. The van der Waals surface area contributed by atoms with Gasteiger partial charge in [0, 0.05) is 57.4 Å². The molecule has 4 saturated heterocycles. The molecule has 0 spiro atoms. The fourth-order valence-electron chi connectivity index (χ4n) is 13.8. The quantitative estimate of drug-likeness (QED) is 0.102. The summed E-state index contributed by atoms with van der Waals surface area (Å²) in [5, 5.41) is 19.2. The summed E-state index contributed by atoms with van der Waals surface area (Å²) in [5.74, 6) is 2.73. The predicted octanol–water partition coefficient (Wildman–Crippen LogP) is 5.38. The Bertz CT molecular complexity index is 2610. The maximum Gasteiger partial charge on any atom is 0.407 e. The first-order valence-corrected chi connectivity index (χ1v) is 27.7. The van der Waals surface area contributed by atoms with E-state index in [4.69, 9.17) is 33.7 Å². The first-order valence-electron chi connectivity index (χ1n) is 26.5. The number of halogens is 2. The molecule has 15 atom stereocenters. The molecule has 3 amide bonds. The molecule has 4 aliphatic carbocycles. The number of aliphatic imine (C=N–C) groups is 1. The molecule has 20 heteroatoms. The summed E-state index contributed by atoms with van der Waals surface area (Å²) >= 11 is 2.27. The monoisotopic (exact) mass is 1120 g/mol. The summed E-state index contributed by atoms with van der Waals surface area (Å²) in [4.78, 5) is 60.0. The number of nitrogens with zero attached hydrogens (tertiary/aromatic N) is 5. The number of alkyl halides is 2. The van der Waals surface area contributed by atoms with E-state index in [1.165, 1.54) is 19.8 Å². The number of allylic oxidation sites excluding steroid dienone is 7. The molecule has 12 rings (SSSR count). The number of aliphatic hydroxyl groups excluding tert-OH is 1. The molecule has 11 aliphatic rings. The van der Waals surface area contributed by atoms with Crippen LogP contribution in [0.4, 0.5) is 9.18 Å². The third kappa shape index (κ3) is 9.16. The topological polar surface area (TPSA) is 204 Å². The average molecular weight is 1120 g/mol. The molecule has 0 bridgehead atoms. The number of carbonyl (C=O) groups excluding carboxylic acids is 3. The third-order valence-corrected chi connectivity index (χ3v) is 18.5. The van der Waals surface area contributed by atoms with Gasteiger partial charge in [-0.2, -0.15) is 0 Å². The van der Waals surface area contributed by atoms with Gasteiger partial charge in [-0.05, 0) is 104 Å². The number of fused-ring (bicyclic) bond motifs is 6. The molecule has 5 N–H and O–H groups in total. The normalized spacial score (nSPS) is 36.1. The van der Waals surface area contributed by atoms with Crippen LogP contribution in [0.5, 0.6) is 0 Å².